The molecule has 0 spiro atoms. The third-order valence-electron chi connectivity index (χ3n) is 1.96. The van der Waals surface area contributed by atoms with Gasteiger partial charge in [0, 0.05) is 19.0 Å². The van der Waals surface area contributed by atoms with E-state index in [1.54, 1.807) is 0 Å². The highest BCUT2D eigenvalue weighted by Crippen LogP contribution is 2.01. The van der Waals surface area contributed by atoms with Gasteiger partial charge in [-0.1, -0.05) is 0 Å². The van der Waals surface area contributed by atoms with Crippen LogP contribution in [0, 0.1) is 0 Å². The van der Waals surface area contributed by atoms with Crippen molar-refractivity contribution in [1.29, 1.82) is 0 Å². The third-order valence-corrected chi connectivity index (χ3v) is 1.96. The van der Waals surface area contributed by atoms with Crippen molar-refractivity contribution in [2.24, 2.45) is 0 Å². The Morgan fingerprint density at radius 1 is 1.56 bits per heavy atom. The first kappa shape index (κ1) is 12.2. The van der Waals surface area contributed by atoms with Gasteiger partial charge in [-0.25, -0.2) is 15.1 Å². The van der Waals surface area contributed by atoms with E-state index in [0.29, 0.717) is 19.4 Å². The van der Waals surface area contributed by atoms with Gasteiger partial charge in [-0.2, -0.15) is 0 Å². The Balaban J connectivity index is 2.14. The van der Waals surface area contributed by atoms with E-state index in [2.05, 4.69) is 15.5 Å². The number of carbonyl (C=O) groups is 3. The molecular formula is C8H13N3O5. The second kappa shape index (κ2) is 5.91. The lowest BCUT2D eigenvalue weighted by molar-refractivity contribution is -0.144. The molecule has 0 radical (unpaired) electrons. The zero-order valence-corrected chi connectivity index (χ0v) is 8.49. The number of carbonyl (C=O) groups excluding carboxylic acids is 2. The van der Waals surface area contributed by atoms with Gasteiger partial charge in [0.15, 0.2) is 6.61 Å². The van der Waals surface area contributed by atoms with Gasteiger partial charge in [0.2, 0.25) is 5.91 Å². The summed E-state index contributed by atoms with van der Waals surface area (Å²) in [6, 6.07) is -0.784. The van der Waals surface area contributed by atoms with Crippen molar-refractivity contribution < 1.29 is 24.3 Å². The Hall–Kier alpha value is -1.83. The lowest BCUT2D eigenvalue weighted by Crippen LogP contribution is -2.50. The molecule has 1 heterocycles. The number of piperidine rings is 1. The molecule has 4 N–H and O–H groups in total. The number of carboxylic acid groups (broad SMARTS) is 1. The summed E-state index contributed by atoms with van der Waals surface area (Å²) >= 11 is 0. The zero-order chi connectivity index (χ0) is 12.0. The molecule has 0 aromatic carbocycles. The van der Waals surface area contributed by atoms with E-state index >= 15 is 0 Å². The molecule has 0 saturated carbocycles. The standard InChI is InChI=1S/C8H13N3O5/c12-6-2-1-5(3-9-6)10-8(15)11-16-4-7(13)14/h5H,1-4H2,(H,9,12)(H,13,14)(H2,10,11,15). The zero-order valence-electron chi connectivity index (χ0n) is 8.49. The van der Waals surface area contributed by atoms with Crippen LogP contribution in [0.5, 0.6) is 0 Å². The van der Waals surface area contributed by atoms with Crippen molar-refractivity contribution >= 4 is 17.9 Å². The summed E-state index contributed by atoms with van der Waals surface area (Å²) in [5.74, 6) is -1.22. The van der Waals surface area contributed by atoms with E-state index in [-0.39, 0.29) is 11.9 Å². The number of hydrogen-bond acceptors (Lipinski definition) is 4. The second-order valence-electron chi connectivity index (χ2n) is 3.30. The number of hydrogen-bond donors (Lipinski definition) is 4. The first-order chi connectivity index (χ1) is 7.58. The van der Waals surface area contributed by atoms with Crippen LogP contribution in [0.15, 0.2) is 0 Å². The van der Waals surface area contributed by atoms with Gasteiger partial charge in [0.05, 0.1) is 0 Å². The third kappa shape index (κ3) is 4.60. The van der Waals surface area contributed by atoms with E-state index < -0.39 is 18.6 Å². The van der Waals surface area contributed by atoms with E-state index in [9.17, 15) is 14.4 Å². The molecular weight excluding hydrogens is 218 g/mol. The Labute approximate surface area is 91.3 Å². The molecule has 8 heteroatoms. The number of nitrogens with one attached hydrogen (secondary N) is 3. The Bertz CT molecular complexity index is 283. The molecule has 1 atom stereocenters. The number of carboxylic acids is 1. The SMILES string of the molecule is O=C(O)CONC(=O)NC1CCC(=O)NC1. The lowest BCUT2D eigenvalue weighted by atomic mass is 10.1. The molecule has 1 fully saturated rings. The average molecular weight is 231 g/mol. The van der Waals surface area contributed by atoms with Crippen LogP contribution in [0.3, 0.4) is 0 Å². The average Bonchev–Trinajstić information content (AvgIpc) is 2.21. The fourth-order valence-corrected chi connectivity index (χ4v) is 1.23. The van der Waals surface area contributed by atoms with Gasteiger partial charge in [-0.05, 0) is 6.42 Å². The van der Waals surface area contributed by atoms with Crippen LogP contribution in [0.4, 0.5) is 4.79 Å². The van der Waals surface area contributed by atoms with Gasteiger partial charge < -0.3 is 15.7 Å². The summed E-state index contributed by atoms with van der Waals surface area (Å²) in [6.07, 6.45) is 0.916. The monoisotopic (exact) mass is 231 g/mol. The number of hydroxylamine groups is 1. The minimum atomic E-state index is -1.18. The first-order valence-electron chi connectivity index (χ1n) is 4.74. The molecule has 1 aliphatic heterocycles. The van der Waals surface area contributed by atoms with E-state index in [4.69, 9.17) is 5.11 Å². The molecule has 8 nitrogen and oxygen atoms in total. The Morgan fingerprint density at radius 2 is 2.31 bits per heavy atom. The summed E-state index contributed by atoms with van der Waals surface area (Å²) in [5, 5.41) is 13.4. The normalized spacial score (nSPS) is 19.8. The van der Waals surface area contributed by atoms with E-state index in [1.807, 2.05) is 5.48 Å². The van der Waals surface area contributed by atoms with Crippen LogP contribution in [-0.4, -0.2) is 42.2 Å². The van der Waals surface area contributed by atoms with Crippen LogP contribution in [-0.2, 0) is 14.4 Å². The van der Waals surface area contributed by atoms with Crippen LogP contribution >= 0.6 is 0 Å². The molecule has 1 unspecified atom stereocenters. The molecule has 16 heavy (non-hydrogen) atoms. The lowest BCUT2D eigenvalue weighted by Gasteiger charge is -2.23. The minimum Gasteiger partial charge on any atom is -0.479 e. The van der Waals surface area contributed by atoms with Crippen LogP contribution in [0.25, 0.3) is 0 Å². The number of amides is 3. The molecule has 0 bridgehead atoms. The molecule has 1 saturated heterocycles. The quantitative estimate of drug-likeness (QED) is 0.443. The summed E-state index contributed by atoms with van der Waals surface area (Å²) in [4.78, 5) is 36.4. The van der Waals surface area contributed by atoms with E-state index in [0.717, 1.165) is 0 Å². The second-order valence-corrected chi connectivity index (χ2v) is 3.30. The molecule has 0 aromatic heterocycles. The fourth-order valence-electron chi connectivity index (χ4n) is 1.23. The first-order valence-corrected chi connectivity index (χ1v) is 4.74. The van der Waals surface area contributed by atoms with Crippen molar-refractivity contribution in [3.63, 3.8) is 0 Å². The maximum atomic E-state index is 11.1. The maximum absolute atomic E-state index is 11.1. The molecule has 90 valence electrons. The largest absolute Gasteiger partial charge is 0.479 e. The number of urea groups is 1. The van der Waals surface area contributed by atoms with Gasteiger partial charge in [-0.3, -0.25) is 9.63 Å². The van der Waals surface area contributed by atoms with Crippen LogP contribution < -0.4 is 16.1 Å². The maximum Gasteiger partial charge on any atom is 0.339 e. The molecule has 3 amide bonds. The van der Waals surface area contributed by atoms with Crippen molar-refractivity contribution in [2.75, 3.05) is 13.2 Å². The summed E-state index contributed by atoms with van der Waals surface area (Å²) in [7, 11) is 0. The number of aliphatic carboxylic acids is 1. The molecule has 0 aliphatic carbocycles. The smallest absolute Gasteiger partial charge is 0.339 e. The van der Waals surface area contributed by atoms with Gasteiger partial charge in [0.25, 0.3) is 0 Å². The van der Waals surface area contributed by atoms with Gasteiger partial charge in [0.1, 0.15) is 0 Å². The topological polar surface area (TPSA) is 117 Å². The van der Waals surface area contributed by atoms with Crippen LogP contribution in [0.1, 0.15) is 12.8 Å². The highest BCUT2D eigenvalue weighted by molar-refractivity contribution is 5.78. The van der Waals surface area contributed by atoms with Crippen molar-refractivity contribution in [3.05, 3.63) is 0 Å². The summed E-state index contributed by atoms with van der Waals surface area (Å²) < 4.78 is 0. The summed E-state index contributed by atoms with van der Waals surface area (Å²) in [6.45, 7) is -0.236. The van der Waals surface area contributed by atoms with Crippen LogP contribution in [0.2, 0.25) is 0 Å². The Kier molecular flexibility index (Phi) is 4.52. The number of rotatable bonds is 4. The fraction of sp³-hybridized carbons (Fsp3) is 0.625. The minimum absolute atomic E-state index is 0.0411. The predicted molar refractivity (Wildman–Crippen MR) is 51.3 cm³/mol. The predicted octanol–water partition coefficient (Wildman–Crippen LogP) is -1.42. The van der Waals surface area contributed by atoms with Crippen molar-refractivity contribution in [3.8, 4) is 0 Å². The molecule has 0 aromatic rings. The van der Waals surface area contributed by atoms with Gasteiger partial charge in [-0.15, -0.1) is 0 Å². The van der Waals surface area contributed by atoms with Crippen molar-refractivity contribution in [2.45, 2.75) is 18.9 Å². The van der Waals surface area contributed by atoms with E-state index in [1.165, 1.54) is 0 Å². The highest BCUT2D eigenvalue weighted by atomic mass is 16.7. The van der Waals surface area contributed by atoms with Gasteiger partial charge >= 0.3 is 12.0 Å². The van der Waals surface area contributed by atoms with Crippen molar-refractivity contribution in [1.82, 2.24) is 16.1 Å². The highest BCUT2D eigenvalue weighted by Gasteiger charge is 2.19. The Morgan fingerprint density at radius 3 is 2.88 bits per heavy atom. The molecule has 1 rings (SSSR count). The summed E-state index contributed by atoms with van der Waals surface area (Å²) in [5.41, 5.74) is 1.93. The molecule has 1 aliphatic rings.